The molecule has 0 aliphatic rings. The van der Waals surface area contributed by atoms with Crippen LogP contribution in [0, 0.1) is 11.2 Å². The summed E-state index contributed by atoms with van der Waals surface area (Å²) in [5.74, 6) is 0.826. The lowest BCUT2D eigenvalue weighted by molar-refractivity contribution is 0.378. The Labute approximate surface area is 151 Å². The van der Waals surface area contributed by atoms with Gasteiger partial charge in [0.15, 0.2) is 11.8 Å². The second-order valence-corrected chi connectivity index (χ2v) is 6.31. The minimum Gasteiger partial charge on any atom is -0.359 e. The van der Waals surface area contributed by atoms with Gasteiger partial charge in [-0.05, 0) is 17.2 Å². The van der Waals surface area contributed by atoms with Gasteiger partial charge in [0, 0.05) is 31.6 Å². The van der Waals surface area contributed by atoms with E-state index in [2.05, 4.69) is 10.5 Å². The van der Waals surface area contributed by atoms with Gasteiger partial charge in [-0.2, -0.15) is 0 Å². The van der Waals surface area contributed by atoms with Gasteiger partial charge in [-0.3, -0.25) is 5.41 Å². The van der Waals surface area contributed by atoms with E-state index in [0.717, 1.165) is 11.1 Å². The van der Waals surface area contributed by atoms with E-state index in [1.165, 1.54) is 6.07 Å². The zero-order chi connectivity index (χ0) is 18.7. The molecule has 2 aromatic carbocycles. The predicted molar refractivity (Wildman–Crippen MR) is 101 cm³/mol. The molecule has 1 atom stereocenters. The normalized spacial score (nSPS) is 11.8. The number of anilines is 1. The zero-order valence-corrected chi connectivity index (χ0v) is 15.0. The Morgan fingerprint density at radius 3 is 2.54 bits per heavy atom. The standard InChI is InChI=1S/C20H21FN4O/c1-13(18-12-19(24-26-18)23-20(22)25(2)3)15-9-10-16(17(21)11-15)14-7-5-4-6-8-14/h4-13H,1-3H3,(H2,22,23,24). The summed E-state index contributed by atoms with van der Waals surface area (Å²) in [7, 11) is 3.52. The van der Waals surface area contributed by atoms with Crippen molar-refractivity contribution < 1.29 is 8.91 Å². The van der Waals surface area contributed by atoms with Gasteiger partial charge >= 0.3 is 0 Å². The number of nitrogens with zero attached hydrogens (tertiary/aromatic N) is 2. The summed E-state index contributed by atoms with van der Waals surface area (Å²) >= 11 is 0. The number of guanidine groups is 1. The Kier molecular flexibility index (Phi) is 5.02. The average molecular weight is 352 g/mol. The molecule has 5 nitrogen and oxygen atoms in total. The summed E-state index contributed by atoms with van der Waals surface area (Å²) in [5, 5.41) is 14.5. The van der Waals surface area contributed by atoms with Crippen molar-refractivity contribution in [2.45, 2.75) is 12.8 Å². The van der Waals surface area contributed by atoms with E-state index >= 15 is 0 Å². The van der Waals surface area contributed by atoms with Crippen molar-refractivity contribution in [1.82, 2.24) is 10.1 Å². The first-order chi connectivity index (χ1) is 12.5. The van der Waals surface area contributed by atoms with Crippen LogP contribution in [0.15, 0.2) is 59.1 Å². The van der Waals surface area contributed by atoms with Crippen LogP contribution in [-0.2, 0) is 0 Å². The largest absolute Gasteiger partial charge is 0.359 e. The van der Waals surface area contributed by atoms with Crippen LogP contribution in [-0.4, -0.2) is 30.1 Å². The molecule has 3 rings (SSSR count). The SMILES string of the molecule is CC(c1ccc(-c2ccccc2)c(F)c1)c1cc(NC(=N)N(C)C)no1. The van der Waals surface area contributed by atoms with Crippen molar-refractivity contribution in [2.75, 3.05) is 19.4 Å². The Morgan fingerprint density at radius 2 is 1.88 bits per heavy atom. The van der Waals surface area contributed by atoms with Crippen LogP contribution in [0.2, 0.25) is 0 Å². The van der Waals surface area contributed by atoms with E-state index in [0.29, 0.717) is 17.1 Å². The molecule has 3 aromatic rings. The van der Waals surface area contributed by atoms with Gasteiger partial charge in [-0.25, -0.2) is 4.39 Å². The molecule has 1 heterocycles. The number of benzene rings is 2. The molecule has 0 spiro atoms. The minimum atomic E-state index is -0.271. The summed E-state index contributed by atoms with van der Waals surface area (Å²) in [5.41, 5.74) is 2.21. The van der Waals surface area contributed by atoms with E-state index in [1.54, 1.807) is 31.1 Å². The number of aromatic nitrogens is 1. The summed E-state index contributed by atoms with van der Waals surface area (Å²) in [4.78, 5) is 1.62. The molecule has 26 heavy (non-hydrogen) atoms. The monoisotopic (exact) mass is 352 g/mol. The van der Waals surface area contributed by atoms with Crippen LogP contribution < -0.4 is 5.32 Å². The van der Waals surface area contributed by atoms with Crippen molar-refractivity contribution in [3.8, 4) is 11.1 Å². The highest BCUT2D eigenvalue weighted by Crippen LogP contribution is 2.30. The second-order valence-electron chi connectivity index (χ2n) is 6.31. The molecule has 0 amide bonds. The highest BCUT2D eigenvalue weighted by Gasteiger charge is 2.17. The number of halogens is 1. The van der Waals surface area contributed by atoms with Crippen molar-refractivity contribution in [3.63, 3.8) is 0 Å². The van der Waals surface area contributed by atoms with Crippen molar-refractivity contribution >= 4 is 11.8 Å². The molecule has 0 saturated heterocycles. The summed E-state index contributed by atoms with van der Waals surface area (Å²) in [6, 6.07) is 16.4. The third-order valence-corrected chi connectivity index (χ3v) is 4.23. The van der Waals surface area contributed by atoms with Crippen LogP contribution in [0.25, 0.3) is 11.1 Å². The highest BCUT2D eigenvalue weighted by atomic mass is 19.1. The smallest absolute Gasteiger partial charge is 0.196 e. The Hall–Kier alpha value is -3.15. The molecule has 0 aliphatic carbocycles. The molecule has 0 saturated carbocycles. The first-order valence-electron chi connectivity index (χ1n) is 8.30. The fourth-order valence-electron chi connectivity index (χ4n) is 2.60. The van der Waals surface area contributed by atoms with E-state index in [-0.39, 0.29) is 17.7 Å². The maximum Gasteiger partial charge on any atom is 0.196 e. The van der Waals surface area contributed by atoms with Gasteiger partial charge in [0.2, 0.25) is 0 Å². The van der Waals surface area contributed by atoms with Crippen molar-refractivity contribution in [3.05, 3.63) is 71.7 Å². The summed E-state index contributed by atoms with van der Waals surface area (Å²) in [6.45, 7) is 1.93. The van der Waals surface area contributed by atoms with E-state index < -0.39 is 0 Å². The summed E-state index contributed by atoms with van der Waals surface area (Å²) in [6.07, 6.45) is 0. The van der Waals surface area contributed by atoms with Gasteiger partial charge in [-0.1, -0.05) is 54.5 Å². The molecular formula is C20H21FN4O. The fourth-order valence-corrected chi connectivity index (χ4v) is 2.60. The van der Waals surface area contributed by atoms with Crippen LogP contribution in [0.4, 0.5) is 10.2 Å². The van der Waals surface area contributed by atoms with Crippen LogP contribution in [0.1, 0.15) is 24.2 Å². The number of hydrogen-bond donors (Lipinski definition) is 2. The third kappa shape index (κ3) is 3.74. The first-order valence-corrected chi connectivity index (χ1v) is 8.30. The van der Waals surface area contributed by atoms with Gasteiger partial charge in [-0.15, -0.1) is 0 Å². The quantitative estimate of drug-likeness (QED) is 0.534. The van der Waals surface area contributed by atoms with Crippen LogP contribution in [0.3, 0.4) is 0 Å². The molecule has 0 bridgehead atoms. The van der Waals surface area contributed by atoms with Crippen molar-refractivity contribution in [2.24, 2.45) is 0 Å². The maximum absolute atomic E-state index is 14.6. The first kappa shape index (κ1) is 17.7. The molecular weight excluding hydrogens is 331 g/mol. The molecule has 0 aliphatic heterocycles. The lowest BCUT2D eigenvalue weighted by atomic mass is 9.95. The number of hydrogen-bond acceptors (Lipinski definition) is 3. The predicted octanol–water partition coefficient (Wildman–Crippen LogP) is 4.54. The zero-order valence-electron chi connectivity index (χ0n) is 15.0. The van der Waals surface area contributed by atoms with Gasteiger partial charge in [0.05, 0.1) is 0 Å². The second kappa shape index (κ2) is 7.39. The van der Waals surface area contributed by atoms with Crippen LogP contribution >= 0.6 is 0 Å². The van der Waals surface area contributed by atoms with E-state index in [1.807, 2.05) is 43.3 Å². The minimum absolute atomic E-state index is 0.161. The molecule has 0 radical (unpaired) electrons. The van der Waals surface area contributed by atoms with Gasteiger partial charge in [0.1, 0.15) is 11.6 Å². The van der Waals surface area contributed by atoms with Gasteiger partial charge < -0.3 is 14.7 Å². The molecule has 134 valence electrons. The number of nitrogens with one attached hydrogen (secondary N) is 2. The van der Waals surface area contributed by atoms with E-state index in [9.17, 15) is 4.39 Å². The molecule has 2 N–H and O–H groups in total. The average Bonchev–Trinajstić information content (AvgIpc) is 3.10. The van der Waals surface area contributed by atoms with Gasteiger partial charge in [0.25, 0.3) is 0 Å². The third-order valence-electron chi connectivity index (χ3n) is 4.23. The van der Waals surface area contributed by atoms with E-state index in [4.69, 9.17) is 9.93 Å². The lowest BCUT2D eigenvalue weighted by Crippen LogP contribution is -2.28. The summed E-state index contributed by atoms with van der Waals surface area (Å²) < 4.78 is 20.0. The maximum atomic E-state index is 14.6. The fraction of sp³-hybridized carbons (Fsp3) is 0.200. The number of rotatable bonds is 4. The molecule has 1 unspecified atom stereocenters. The highest BCUT2D eigenvalue weighted by molar-refractivity contribution is 5.89. The Balaban J connectivity index is 1.80. The topological polar surface area (TPSA) is 65.2 Å². The Morgan fingerprint density at radius 1 is 1.15 bits per heavy atom. The van der Waals surface area contributed by atoms with Crippen LogP contribution in [0.5, 0.6) is 0 Å². The molecule has 1 aromatic heterocycles. The molecule has 0 fully saturated rings. The Bertz CT molecular complexity index is 905. The molecule has 6 heteroatoms. The lowest BCUT2D eigenvalue weighted by Gasteiger charge is -2.12. The van der Waals surface area contributed by atoms with Crippen molar-refractivity contribution in [1.29, 1.82) is 5.41 Å².